The lowest BCUT2D eigenvalue weighted by molar-refractivity contribution is 0.324. The first kappa shape index (κ1) is 21.3. The van der Waals surface area contributed by atoms with Crippen LogP contribution in [0.1, 0.15) is 0 Å². The number of hydrogen-bond donors (Lipinski definition) is 0. The summed E-state index contributed by atoms with van der Waals surface area (Å²) in [6.07, 6.45) is 1.91. The van der Waals surface area contributed by atoms with E-state index in [1.54, 1.807) is 40.6 Å². The molecule has 0 atom stereocenters. The lowest BCUT2D eigenvalue weighted by Gasteiger charge is -2.12. The second kappa shape index (κ2) is 8.78. The maximum absolute atomic E-state index is 6.14. The van der Waals surface area contributed by atoms with Gasteiger partial charge in [0.2, 0.25) is 11.6 Å². The molecule has 9 heteroatoms. The number of methoxy groups -OCH3 is 4. The third kappa shape index (κ3) is 3.57. The molecule has 0 fully saturated rings. The highest BCUT2D eigenvalue weighted by atomic mass is 16.5. The second-order valence-corrected chi connectivity index (χ2v) is 7.29. The van der Waals surface area contributed by atoms with E-state index >= 15 is 0 Å². The maximum atomic E-state index is 6.14. The van der Waals surface area contributed by atoms with Gasteiger partial charge < -0.3 is 23.4 Å². The molecular weight excluding hydrogens is 436 g/mol. The van der Waals surface area contributed by atoms with E-state index in [2.05, 4.69) is 10.2 Å². The third-order valence-corrected chi connectivity index (χ3v) is 5.43. The molecule has 0 aliphatic heterocycles. The average molecular weight is 458 g/mol. The molecule has 172 valence electrons. The number of fused-ring (bicyclic) bond motifs is 1. The van der Waals surface area contributed by atoms with Crippen LogP contribution in [-0.2, 0) is 0 Å². The molecule has 3 aromatic heterocycles. The Labute approximate surface area is 195 Å². The molecule has 0 radical (unpaired) electrons. The summed E-state index contributed by atoms with van der Waals surface area (Å²) in [4.78, 5) is 4.81. The summed E-state index contributed by atoms with van der Waals surface area (Å²) in [5.41, 5.74) is 3.69. The van der Waals surface area contributed by atoms with E-state index < -0.39 is 0 Å². The predicted molar refractivity (Wildman–Crippen MR) is 126 cm³/mol. The van der Waals surface area contributed by atoms with Gasteiger partial charge in [-0.3, -0.25) is 4.40 Å². The van der Waals surface area contributed by atoms with Gasteiger partial charge in [-0.2, -0.15) is 0 Å². The van der Waals surface area contributed by atoms with Crippen molar-refractivity contribution in [1.29, 1.82) is 0 Å². The smallest absolute Gasteiger partial charge is 0.267 e. The standard InChI is InChI=1S/C25H22N4O5/c1-30-17-10-8-15(9-11-17)21-22(29-12-6-5-7-20(29)26-21)25-28-27-24(34-25)16-13-18(31-2)23(33-4)19(14-16)32-3/h5-14H,1-4H3. The van der Waals surface area contributed by atoms with Gasteiger partial charge in [-0.1, -0.05) is 6.07 Å². The lowest BCUT2D eigenvalue weighted by Crippen LogP contribution is -1.95. The topological polar surface area (TPSA) is 93.1 Å². The molecule has 0 amide bonds. The van der Waals surface area contributed by atoms with Crippen LogP contribution in [0, 0.1) is 0 Å². The van der Waals surface area contributed by atoms with Crippen molar-refractivity contribution < 1.29 is 23.4 Å². The van der Waals surface area contributed by atoms with Crippen molar-refractivity contribution in [3.05, 3.63) is 60.8 Å². The summed E-state index contributed by atoms with van der Waals surface area (Å²) in [7, 11) is 6.30. The van der Waals surface area contributed by atoms with E-state index in [0.29, 0.717) is 46.0 Å². The first-order chi connectivity index (χ1) is 16.7. The highest BCUT2D eigenvalue weighted by Crippen LogP contribution is 2.41. The van der Waals surface area contributed by atoms with Crippen molar-refractivity contribution in [2.75, 3.05) is 28.4 Å². The number of aromatic nitrogens is 4. The molecule has 0 unspecified atom stereocenters. The fraction of sp³-hybridized carbons (Fsp3) is 0.160. The molecule has 5 aromatic rings. The van der Waals surface area contributed by atoms with Crippen LogP contribution in [-0.4, -0.2) is 48.0 Å². The van der Waals surface area contributed by atoms with Crippen LogP contribution in [0.15, 0.2) is 65.2 Å². The van der Waals surface area contributed by atoms with E-state index in [1.807, 2.05) is 53.1 Å². The molecule has 0 aliphatic rings. The van der Waals surface area contributed by atoms with E-state index in [1.165, 1.54) is 0 Å². The first-order valence-corrected chi connectivity index (χ1v) is 10.4. The molecule has 0 saturated carbocycles. The molecular formula is C25H22N4O5. The van der Waals surface area contributed by atoms with E-state index in [0.717, 1.165) is 17.0 Å². The van der Waals surface area contributed by atoms with Gasteiger partial charge >= 0.3 is 0 Å². The average Bonchev–Trinajstić information content (AvgIpc) is 3.52. The minimum Gasteiger partial charge on any atom is -0.497 e. The summed E-state index contributed by atoms with van der Waals surface area (Å²) < 4.78 is 29.7. The van der Waals surface area contributed by atoms with Crippen molar-refractivity contribution in [2.24, 2.45) is 0 Å². The van der Waals surface area contributed by atoms with E-state index in [-0.39, 0.29) is 0 Å². The Bertz CT molecular complexity index is 1430. The van der Waals surface area contributed by atoms with Gasteiger partial charge in [-0.05, 0) is 48.5 Å². The number of benzene rings is 2. The van der Waals surface area contributed by atoms with Crippen molar-refractivity contribution in [3.8, 4) is 57.3 Å². The third-order valence-electron chi connectivity index (χ3n) is 5.43. The fourth-order valence-corrected chi connectivity index (χ4v) is 3.79. The SMILES string of the molecule is COc1ccc(-c2nc3ccccn3c2-c2nnc(-c3cc(OC)c(OC)c(OC)c3)o2)cc1. The van der Waals surface area contributed by atoms with Crippen molar-refractivity contribution in [2.45, 2.75) is 0 Å². The van der Waals surface area contributed by atoms with Crippen LogP contribution in [0.3, 0.4) is 0 Å². The molecule has 2 aromatic carbocycles. The Hall–Kier alpha value is -4.53. The summed E-state index contributed by atoms with van der Waals surface area (Å²) in [5, 5.41) is 8.63. The Morgan fingerprint density at radius 3 is 2.09 bits per heavy atom. The number of pyridine rings is 1. The molecule has 0 aliphatic carbocycles. The molecule has 0 bridgehead atoms. The zero-order valence-electron chi connectivity index (χ0n) is 19.1. The minimum atomic E-state index is 0.306. The van der Waals surface area contributed by atoms with Gasteiger partial charge in [0.15, 0.2) is 11.5 Å². The molecule has 0 saturated heterocycles. The van der Waals surface area contributed by atoms with Crippen LogP contribution in [0.2, 0.25) is 0 Å². The minimum absolute atomic E-state index is 0.306. The normalized spacial score (nSPS) is 10.9. The van der Waals surface area contributed by atoms with Crippen molar-refractivity contribution >= 4 is 5.65 Å². The lowest BCUT2D eigenvalue weighted by atomic mass is 10.1. The Balaban J connectivity index is 1.65. The second-order valence-electron chi connectivity index (χ2n) is 7.29. The van der Waals surface area contributed by atoms with Crippen LogP contribution in [0.5, 0.6) is 23.0 Å². The first-order valence-electron chi connectivity index (χ1n) is 10.4. The quantitative estimate of drug-likeness (QED) is 0.345. The van der Waals surface area contributed by atoms with Gasteiger partial charge in [0.05, 0.1) is 28.4 Å². The van der Waals surface area contributed by atoms with Crippen LogP contribution in [0.25, 0.3) is 39.9 Å². The summed E-state index contributed by atoms with van der Waals surface area (Å²) in [5.74, 6) is 2.86. The summed E-state index contributed by atoms with van der Waals surface area (Å²) >= 11 is 0. The summed E-state index contributed by atoms with van der Waals surface area (Å²) in [6, 6.07) is 17.0. The van der Waals surface area contributed by atoms with E-state index in [9.17, 15) is 0 Å². The number of rotatable bonds is 7. The Kier molecular flexibility index (Phi) is 5.51. The molecule has 3 heterocycles. The van der Waals surface area contributed by atoms with Crippen molar-refractivity contribution in [3.63, 3.8) is 0 Å². The molecule has 34 heavy (non-hydrogen) atoms. The number of imidazole rings is 1. The van der Waals surface area contributed by atoms with Gasteiger partial charge in [0.1, 0.15) is 22.8 Å². The molecule has 0 N–H and O–H groups in total. The molecule has 5 rings (SSSR count). The molecule has 0 spiro atoms. The Morgan fingerprint density at radius 1 is 0.735 bits per heavy atom. The zero-order chi connectivity index (χ0) is 23.7. The monoisotopic (exact) mass is 458 g/mol. The van der Waals surface area contributed by atoms with Gasteiger partial charge in [-0.25, -0.2) is 4.98 Å². The number of ether oxygens (including phenoxy) is 4. The van der Waals surface area contributed by atoms with Crippen LogP contribution >= 0.6 is 0 Å². The largest absolute Gasteiger partial charge is 0.497 e. The predicted octanol–water partition coefficient (Wildman–Crippen LogP) is 4.75. The number of hydrogen-bond acceptors (Lipinski definition) is 8. The summed E-state index contributed by atoms with van der Waals surface area (Å²) in [6.45, 7) is 0. The highest BCUT2D eigenvalue weighted by Gasteiger charge is 2.23. The highest BCUT2D eigenvalue weighted by molar-refractivity contribution is 5.79. The Morgan fingerprint density at radius 2 is 1.44 bits per heavy atom. The molecule has 9 nitrogen and oxygen atoms in total. The van der Waals surface area contributed by atoms with Gasteiger partial charge in [0, 0.05) is 17.3 Å². The van der Waals surface area contributed by atoms with Crippen LogP contribution in [0.4, 0.5) is 0 Å². The fourth-order valence-electron chi connectivity index (χ4n) is 3.79. The maximum Gasteiger partial charge on any atom is 0.267 e. The zero-order valence-corrected chi connectivity index (χ0v) is 19.1. The number of nitrogens with zero attached hydrogens (tertiary/aromatic N) is 4. The van der Waals surface area contributed by atoms with Gasteiger partial charge in [0.25, 0.3) is 5.89 Å². The van der Waals surface area contributed by atoms with E-state index in [4.69, 9.17) is 28.3 Å². The van der Waals surface area contributed by atoms with Gasteiger partial charge in [-0.15, -0.1) is 10.2 Å². The van der Waals surface area contributed by atoms with Crippen molar-refractivity contribution in [1.82, 2.24) is 19.6 Å². The van der Waals surface area contributed by atoms with Crippen LogP contribution < -0.4 is 18.9 Å².